The van der Waals surface area contributed by atoms with Crippen molar-refractivity contribution in [3.63, 3.8) is 0 Å². The molecule has 0 unspecified atom stereocenters. The number of aliphatic hydroxyl groups excluding tert-OH is 1. The first-order chi connectivity index (χ1) is 8.15. The van der Waals surface area contributed by atoms with E-state index in [9.17, 15) is 9.18 Å². The van der Waals surface area contributed by atoms with Crippen molar-refractivity contribution in [3.8, 4) is 0 Å². The molecule has 17 heavy (non-hydrogen) atoms. The monoisotopic (exact) mass is 257 g/mol. The maximum absolute atomic E-state index is 12.6. The highest BCUT2D eigenvalue weighted by Gasteiger charge is 2.09. The smallest absolute Gasteiger partial charge is 0.230 e. The molecule has 0 heterocycles. The van der Waals surface area contributed by atoms with Gasteiger partial charge in [-0.3, -0.25) is 4.79 Å². The molecule has 0 saturated carbocycles. The Hall–Kier alpha value is -1.07. The molecule has 0 aliphatic carbocycles. The summed E-state index contributed by atoms with van der Waals surface area (Å²) < 4.78 is 12.6. The third-order valence-corrected chi connectivity index (χ3v) is 3.27. The van der Waals surface area contributed by atoms with Gasteiger partial charge in [0.25, 0.3) is 0 Å². The zero-order chi connectivity index (χ0) is 12.7. The molecule has 1 rings (SSSR count). The summed E-state index contributed by atoms with van der Waals surface area (Å²) in [7, 11) is 0. The Morgan fingerprint density at radius 3 is 2.65 bits per heavy atom. The third kappa shape index (κ3) is 5.19. The molecule has 3 nitrogen and oxygen atoms in total. The summed E-state index contributed by atoms with van der Waals surface area (Å²) in [5.41, 5.74) is 0. The minimum Gasteiger partial charge on any atom is -0.394 e. The van der Waals surface area contributed by atoms with Crippen molar-refractivity contribution >= 4 is 17.7 Å². The van der Waals surface area contributed by atoms with Crippen molar-refractivity contribution in [1.82, 2.24) is 5.32 Å². The number of amides is 1. The second kappa shape index (κ2) is 7.29. The lowest BCUT2D eigenvalue weighted by Crippen LogP contribution is -2.37. The average Bonchev–Trinajstić information content (AvgIpc) is 2.35. The molecule has 5 heteroatoms. The van der Waals surface area contributed by atoms with Crippen molar-refractivity contribution in [1.29, 1.82) is 0 Å². The summed E-state index contributed by atoms with van der Waals surface area (Å²) in [6.07, 6.45) is 0.698. The van der Waals surface area contributed by atoms with Crippen LogP contribution in [0.1, 0.15) is 13.3 Å². The van der Waals surface area contributed by atoms with Gasteiger partial charge >= 0.3 is 0 Å². The fraction of sp³-hybridized carbons (Fsp3) is 0.417. The van der Waals surface area contributed by atoms with E-state index in [0.717, 1.165) is 4.90 Å². The number of hydrogen-bond acceptors (Lipinski definition) is 3. The van der Waals surface area contributed by atoms with E-state index >= 15 is 0 Å². The molecule has 1 atom stereocenters. The van der Waals surface area contributed by atoms with Crippen LogP contribution in [0.25, 0.3) is 0 Å². The van der Waals surface area contributed by atoms with Gasteiger partial charge in [0, 0.05) is 4.90 Å². The van der Waals surface area contributed by atoms with E-state index < -0.39 is 0 Å². The first kappa shape index (κ1) is 14.0. The largest absolute Gasteiger partial charge is 0.394 e. The minimum absolute atomic E-state index is 0.0521. The minimum atomic E-state index is -0.287. The topological polar surface area (TPSA) is 49.3 Å². The normalized spacial score (nSPS) is 12.2. The van der Waals surface area contributed by atoms with E-state index in [-0.39, 0.29) is 30.1 Å². The van der Waals surface area contributed by atoms with Crippen molar-refractivity contribution in [2.24, 2.45) is 0 Å². The van der Waals surface area contributed by atoms with E-state index in [4.69, 9.17) is 5.11 Å². The summed E-state index contributed by atoms with van der Waals surface area (Å²) in [4.78, 5) is 12.3. The van der Waals surface area contributed by atoms with Crippen LogP contribution in [0.5, 0.6) is 0 Å². The van der Waals surface area contributed by atoms with E-state index in [0.29, 0.717) is 6.42 Å². The number of carbonyl (C=O) groups is 1. The van der Waals surface area contributed by atoms with Gasteiger partial charge in [0.1, 0.15) is 5.82 Å². The molecule has 0 bridgehead atoms. The van der Waals surface area contributed by atoms with E-state index in [1.54, 1.807) is 12.1 Å². The van der Waals surface area contributed by atoms with Crippen molar-refractivity contribution < 1.29 is 14.3 Å². The van der Waals surface area contributed by atoms with Gasteiger partial charge in [-0.05, 0) is 30.7 Å². The van der Waals surface area contributed by atoms with Crippen LogP contribution < -0.4 is 5.32 Å². The zero-order valence-corrected chi connectivity index (χ0v) is 10.5. The molecule has 0 spiro atoms. The molecule has 0 saturated heterocycles. The number of benzene rings is 1. The molecule has 94 valence electrons. The van der Waals surface area contributed by atoms with Gasteiger partial charge in [0.05, 0.1) is 18.4 Å². The number of thioether (sulfide) groups is 1. The van der Waals surface area contributed by atoms with Crippen molar-refractivity contribution in [2.75, 3.05) is 12.4 Å². The molecular weight excluding hydrogens is 241 g/mol. The predicted octanol–water partition coefficient (Wildman–Crippen LogP) is 1.80. The number of nitrogens with one attached hydrogen (secondary N) is 1. The molecule has 2 N–H and O–H groups in total. The fourth-order valence-electron chi connectivity index (χ4n) is 1.23. The fourth-order valence-corrected chi connectivity index (χ4v) is 1.94. The molecule has 0 radical (unpaired) electrons. The number of hydrogen-bond donors (Lipinski definition) is 2. The van der Waals surface area contributed by atoms with E-state index in [2.05, 4.69) is 5.32 Å². The lowest BCUT2D eigenvalue weighted by atomic mass is 10.2. The van der Waals surface area contributed by atoms with Gasteiger partial charge in [0.2, 0.25) is 5.91 Å². The van der Waals surface area contributed by atoms with Gasteiger partial charge in [-0.25, -0.2) is 4.39 Å². The number of halogens is 1. The standard InChI is InChI=1S/C12H16FNO2S/c1-2-10(7-15)14-12(16)8-17-11-5-3-9(13)4-6-11/h3-6,10,15H,2,7-8H2,1H3,(H,14,16)/t10-/m0/s1. The number of rotatable bonds is 6. The van der Waals surface area contributed by atoms with Crippen LogP contribution in [0.15, 0.2) is 29.2 Å². The van der Waals surface area contributed by atoms with Gasteiger partial charge in [-0.2, -0.15) is 0 Å². The first-order valence-electron chi connectivity index (χ1n) is 5.44. The van der Waals surface area contributed by atoms with E-state index in [1.165, 1.54) is 23.9 Å². The number of aliphatic hydroxyl groups is 1. The average molecular weight is 257 g/mol. The van der Waals surface area contributed by atoms with Crippen molar-refractivity contribution in [3.05, 3.63) is 30.1 Å². The molecule has 1 aromatic rings. The van der Waals surface area contributed by atoms with Crippen LogP contribution in [-0.4, -0.2) is 29.4 Å². The summed E-state index contributed by atoms with van der Waals surface area (Å²) in [6, 6.07) is 5.81. The predicted molar refractivity (Wildman–Crippen MR) is 66.4 cm³/mol. The highest BCUT2D eigenvalue weighted by molar-refractivity contribution is 8.00. The van der Waals surface area contributed by atoms with Gasteiger partial charge in [-0.15, -0.1) is 11.8 Å². The molecule has 0 aliphatic heterocycles. The SMILES string of the molecule is CC[C@@H](CO)NC(=O)CSc1ccc(F)cc1. The molecule has 0 aromatic heterocycles. The first-order valence-corrected chi connectivity index (χ1v) is 6.42. The van der Waals surface area contributed by atoms with Crippen LogP contribution in [0, 0.1) is 5.82 Å². The summed E-state index contributed by atoms with van der Waals surface area (Å²) in [6.45, 7) is 1.84. The lowest BCUT2D eigenvalue weighted by Gasteiger charge is -2.13. The maximum Gasteiger partial charge on any atom is 0.230 e. The molecular formula is C12H16FNO2S. The molecule has 1 aromatic carbocycles. The zero-order valence-electron chi connectivity index (χ0n) is 9.65. The van der Waals surface area contributed by atoms with Crippen LogP contribution in [0.4, 0.5) is 4.39 Å². The highest BCUT2D eigenvalue weighted by Crippen LogP contribution is 2.17. The second-order valence-corrected chi connectivity index (χ2v) is 4.65. The number of carbonyl (C=O) groups excluding carboxylic acids is 1. The Balaban J connectivity index is 2.35. The molecule has 0 fully saturated rings. The van der Waals surface area contributed by atoms with Crippen LogP contribution in [0.3, 0.4) is 0 Å². The van der Waals surface area contributed by atoms with Gasteiger partial charge < -0.3 is 10.4 Å². The Morgan fingerprint density at radius 1 is 1.47 bits per heavy atom. The third-order valence-electron chi connectivity index (χ3n) is 2.26. The second-order valence-electron chi connectivity index (χ2n) is 3.60. The van der Waals surface area contributed by atoms with Crippen molar-refractivity contribution in [2.45, 2.75) is 24.3 Å². The maximum atomic E-state index is 12.6. The molecule has 0 aliphatic rings. The lowest BCUT2D eigenvalue weighted by molar-refractivity contribution is -0.119. The summed E-state index contributed by atoms with van der Waals surface area (Å²) >= 11 is 1.34. The van der Waals surface area contributed by atoms with Crippen LogP contribution in [0.2, 0.25) is 0 Å². The van der Waals surface area contributed by atoms with Crippen LogP contribution in [-0.2, 0) is 4.79 Å². The summed E-state index contributed by atoms with van der Waals surface area (Å²) in [5, 5.41) is 11.6. The highest BCUT2D eigenvalue weighted by atomic mass is 32.2. The Bertz CT molecular complexity index is 352. The Labute approximate surface area is 104 Å². The Kier molecular flexibility index (Phi) is 6.00. The van der Waals surface area contributed by atoms with Crippen LogP contribution >= 0.6 is 11.8 Å². The summed E-state index contributed by atoms with van der Waals surface area (Å²) in [5.74, 6) is -0.146. The Morgan fingerprint density at radius 2 is 2.12 bits per heavy atom. The van der Waals surface area contributed by atoms with Gasteiger partial charge in [-0.1, -0.05) is 6.92 Å². The van der Waals surface area contributed by atoms with E-state index in [1.807, 2.05) is 6.92 Å². The molecule has 1 amide bonds. The quantitative estimate of drug-likeness (QED) is 0.764. The van der Waals surface area contributed by atoms with Gasteiger partial charge in [0.15, 0.2) is 0 Å².